The zero-order valence-electron chi connectivity index (χ0n) is 9.27. The third-order valence-electron chi connectivity index (χ3n) is 2.73. The number of nitrogens with two attached hydrogens (primary N) is 1. The van der Waals surface area contributed by atoms with E-state index in [2.05, 4.69) is 5.10 Å². The van der Waals surface area contributed by atoms with E-state index in [-0.39, 0.29) is 5.69 Å². The van der Waals surface area contributed by atoms with Crippen molar-refractivity contribution in [3.8, 4) is 5.69 Å². The van der Waals surface area contributed by atoms with Gasteiger partial charge in [-0.3, -0.25) is 0 Å². The van der Waals surface area contributed by atoms with E-state index in [0.717, 1.165) is 17.0 Å². The Morgan fingerprint density at radius 2 is 1.89 bits per heavy atom. The van der Waals surface area contributed by atoms with Crippen LogP contribution in [0.3, 0.4) is 0 Å². The van der Waals surface area contributed by atoms with Crippen molar-refractivity contribution in [2.24, 2.45) is 0 Å². The molecule has 0 radical (unpaired) electrons. The smallest absolute Gasteiger partial charge is 0.151 e. The van der Waals surface area contributed by atoms with Crippen LogP contribution in [0.5, 0.6) is 0 Å². The molecule has 0 aliphatic rings. The van der Waals surface area contributed by atoms with Crippen LogP contribution >= 0.6 is 0 Å². The molecule has 0 aliphatic carbocycles. The number of hydrogen-bond donors (Lipinski definition) is 1. The summed E-state index contributed by atoms with van der Waals surface area (Å²) in [5.74, 6) is -1.27. The number of nitrogens with zero attached hydrogens (tertiary/aromatic N) is 2. The van der Waals surface area contributed by atoms with Gasteiger partial charge in [-0.15, -0.1) is 0 Å². The Hall–Kier alpha value is -2.43. The van der Waals surface area contributed by atoms with E-state index in [1.807, 2.05) is 0 Å². The van der Waals surface area contributed by atoms with Gasteiger partial charge in [0.2, 0.25) is 0 Å². The van der Waals surface area contributed by atoms with Crippen LogP contribution in [0.1, 0.15) is 0 Å². The quantitative estimate of drug-likeness (QED) is 0.670. The molecule has 0 atom stereocenters. The van der Waals surface area contributed by atoms with Crippen molar-refractivity contribution >= 4 is 16.6 Å². The second-order valence-corrected chi connectivity index (χ2v) is 3.97. The van der Waals surface area contributed by atoms with E-state index in [4.69, 9.17) is 5.73 Å². The maximum Gasteiger partial charge on any atom is 0.151 e. The number of rotatable bonds is 1. The number of halogens is 2. The van der Waals surface area contributed by atoms with E-state index in [9.17, 15) is 8.78 Å². The van der Waals surface area contributed by atoms with Gasteiger partial charge < -0.3 is 5.73 Å². The lowest BCUT2D eigenvalue weighted by Crippen LogP contribution is -2.00. The van der Waals surface area contributed by atoms with E-state index in [1.54, 1.807) is 24.4 Å². The molecule has 2 N–H and O–H groups in total. The molecule has 0 unspecified atom stereocenters. The molecule has 0 amide bonds. The lowest BCUT2D eigenvalue weighted by Gasteiger charge is -2.05. The normalized spacial score (nSPS) is 11.0. The number of nitrogen functional groups attached to an aromatic ring is 1. The molecule has 0 saturated carbocycles. The zero-order chi connectivity index (χ0) is 12.7. The third kappa shape index (κ3) is 1.60. The molecule has 0 fully saturated rings. The predicted molar refractivity (Wildman–Crippen MR) is 65.4 cm³/mol. The van der Waals surface area contributed by atoms with Crippen molar-refractivity contribution in [3.63, 3.8) is 0 Å². The molecule has 3 rings (SSSR count). The molecule has 3 nitrogen and oxygen atoms in total. The fraction of sp³-hybridized carbons (Fsp3) is 0. The van der Waals surface area contributed by atoms with Crippen LogP contribution in [-0.2, 0) is 0 Å². The molecule has 3 aromatic rings. The Morgan fingerprint density at radius 1 is 1.06 bits per heavy atom. The highest BCUT2D eigenvalue weighted by molar-refractivity contribution is 5.83. The molecule has 0 spiro atoms. The Morgan fingerprint density at radius 3 is 2.67 bits per heavy atom. The van der Waals surface area contributed by atoms with Gasteiger partial charge in [0.1, 0.15) is 11.5 Å². The van der Waals surface area contributed by atoms with Crippen LogP contribution in [0.4, 0.5) is 14.5 Å². The maximum atomic E-state index is 13.7. The minimum Gasteiger partial charge on any atom is -0.399 e. The summed E-state index contributed by atoms with van der Waals surface area (Å²) in [5, 5.41) is 4.90. The maximum absolute atomic E-state index is 13.7. The lowest BCUT2D eigenvalue weighted by atomic mass is 10.2. The van der Waals surface area contributed by atoms with Gasteiger partial charge in [0, 0.05) is 17.1 Å². The van der Waals surface area contributed by atoms with Gasteiger partial charge in [0.25, 0.3) is 0 Å². The fourth-order valence-electron chi connectivity index (χ4n) is 1.90. The first kappa shape index (κ1) is 10.7. The van der Waals surface area contributed by atoms with Crippen LogP contribution in [0.15, 0.2) is 42.6 Å². The fourth-order valence-corrected chi connectivity index (χ4v) is 1.90. The molecule has 0 aliphatic heterocycles. The number of hydrogen-bond acceptors (Lipinski definition) is 2. The topological polar surface area (TPSA) is 43.8 Å². The molecule has 90 valence electrons. The predicted octanol–water partition coefficient (Wildman–Crippen LogP) is 2.89. The Bertz CT molecular complexity index is 734. The number of fused-ring (bicyclic) bond motifs is 1. The molecule has 0 bridgehead atoms. The van der Waals surface area contributed by atoms with E-state index in [0.29, 0.717) is 5.69 Å². The SMILES string of the molecule is Nc1ccc2c(cnn2-c2ccc(F)cc2F)c1. The average molecular weight is 245 g/mol. The molecule has 5 heteroatoms. The summed E-state index contributed by atoms with van der Waals surface area (Å²) in [6.45, 7) is 0. The van der Waals surface area contributed by atoms with Gasteiger partial charge in [-0.1, -0.05) is 0 Å². The zero-order valence-corrected chi connectivity index (χ0v) is 9.27. The highest BCUT2D eigenvalue weighted by Crippen LogP contribution is 2.22. The summed E-state index contributed by atoms with van der Waals surface area (Å²) in [6, 6.07) is 8.60. The molecule has 18 heavy (non-hydrogen) atoms. The van der Waals surface area contributed by atoms with E-state index < -0.39 is 11.6 Å². The van der Waals surface area contributed by atoms with Gasteiger partial charge >= 0.3 is 0 Å². The highest BCUT2D eigenvalue weighted by Gasteiger charge is 2.10. The van der Waals surface area contributed by atoms with E-state index >= 15 is 0 Å². The first-order chi connectivity index (χ1) is 8.65. The Labute approximate surface area is 101 Å². The monoisotopic (exact) mass is 245 g/mol. The second kappa shape index (κ2) is 3.80. The van der Waals surface area contributed by atoms with Crippen LogP contribution in [0, 0.1) is 11.6 Å². The van der Waals surface area contributed by atoms with Crippen molar-refractivity contribution in [2.45, 2.75) is 0 Å². The minimum atomic E-state index is -0.656. The number of aromatic nitrogens is 2. The minimum absolute atomic E-state index is 0.205. The summed E-state index contributed by atoms with van der Waals surface area (Å²) in [4.78, 5) is 0. The molecule has 1 aromatic heterocycles. The molecule has 2 aromatic carbocycles. The Balaban J connectivity index is 2.25. The van der Waals surface area contributed by atoms with Gasteiger partial charge in [0.05, 0.1) is 11.7 Å². The highest BCUT2D eigenvalue weighted by atomic mass is 19.1. The van der Waals surface area contributed by atoms with Gasteiger partial charge in [-0.2, -0.15) is 5.10 Å². The third-order valence-corrected chi connectivity index (χ3v) is 2.73. The second-order valence-electron chi connectivity index (χ2n) is 3.97. The average Bonchev–Trinajstić information content (AvgIpc) is 2.72. The first-order valence-electron chi connectivity index (χ1n) is 5.34. The summed E-state index contributed by atoms with van der Waals surface area (Å²) >= 11 is 0. The summed E-state index contributed by atoms with van der Waals surface area (Å²) in [5.41, 5.74) is 7.20. The molecular formula is C13H9F2N3. The first-order valence-corrected chi connectivity index (χ1v) is 5.34. The van der Waals surface area contributed by atoms with Crippen molar-refractivity contribution in [2.75, 3.05) is 5.73 Å². The summed E-state index contributed by atoms with van der Waals surface area (Å²) in [6.07, 6.45) is 1.59. The molecular weight excluding hydrogens is 236 g/mol. The van der Waals surface area contributed by atoms with Crippen LogP contribution in [0.25, 0.3) is 16.6 Å². The largest absolute Gasteiger partial charge is 0.399 e. The van der Waals surface area contributed by atoms with Crippen molar-refractivity contribution in [1.82, 2.24) is 9.78 Å². The lowest BCUT2D eigenvalue weighted by molar-refractivity contribution is 0.575. The van der Waals surface area contributed by atoms with Crippen LogP contribution in [-0.4, -0.2) is 9.78 Å². The van der Waals surface area contributed by atoms with Crippen LogP contribution < -0.4 is 5.73 Å². The number of anilines is 1. The van der Waals surface area contributed by atoms with Crippen molar-refractivity contribution in [3.05, 3.63) is 54.2 Å². The van der Waals surface area contributed by atoms with Crippen molar-refractivity contribution < 1.29 is 8.78 Å². The number of benzene rings is 2. The summed E-state index contributed by atoms with van der Waals surface area (Å²) in [7, 11) is 0. The molecule has 0 saturated heterocycles. The van der Waals surface area contributed by atoms with Gasteiger partial charge in [-0.05, 0) is 30.3 Å². The van der Waals surface area contributed by atoms with Gasteiger partial charge in [0.15, 0.2) is 5.82 Å². The van der Waals surface area contributed by atoms with Crippen molar-refractivity contribution in [1.29, 1.82) is 0 Å². The van der Waals surface area contributed by atoms with Gasteiger partial charge in [-0.25, -0.2) is 13.5 Å². The van der Waals surface area contributed by atoms with E-state index in [1.165, 1.54) is 16.8 Å². The molecule has 1 heterocycles. The Kier molecular flexibility index (Phi) is 2.26. The van der Waals surface area contributed by atoms with Crippen LogP contribution in [0.2, 0.25) is 0 Å². The standard InChI is InChI=1S/C13H9F2N3/c14-9-1-3-13(11(15)6-9)18-12-4-2-10(16)5-8(12)7-17-18/h1-7H,16H2. The summed E-state index contributed by atoms with van der Waals surface area (Å²) < 4.78 is 28.0.